The Balaban J connectivity index is 1.59. The summed E-state index contributed by atoms with van der Waals surface area (Å²) in [5, 5.41) is 10.5. The number of nitrogens with one attached hydrogen (secondary N) is 1. The van der Waals surface area contributed by atoms with Crippen molar-refractivity contribution in [3.8, 4) is 0 Å². The SMILES string of the molecule is O=C(COCC1CC1)Nc1nnc2ccccn12. The molecular formula is C12H14N4O2. The Morgan fingerprint density at radius 3 is 3.17 bits per heavy atom. The summed E-state index contributed by atoms with van der Waals surface area (Å²) in [5.74, 6) is 0.881. The van der Waals surface area contributed by atoms with Crippen LogP contribution in [0.25, 0.3) is 5.65 Å². The molecular weight excluding hydrogens is 232 g/mol. The van der Waals surface area contributed by atoms with Crippen LogP contribution in [0.4, 0.5) is 5.95 Å². The topological polar surface area (TPSA) is 68.5 Å². The minimum absolute atomic E-state index is 0.0677. The van der Waals surface area contributed by atoms with E-state index in [1.54, 1.807) is 10.6 Å². The van der Waals surface area contributed by atoms with Crippen LogP contribution < -0.4 is 5.32 Å². The van der Waals surface area contributed by atoms with Crippen molar-refractivity contribution in [3.63, 3.8) is 0 Å². The Bertz CT molecular complexity index is 562. The molecule has 1 aliphatic rings. The van der Waals surface area contributed by atoms with Gasteiger partial charge in [-0.1, -0.05) is 6.07 Å². The Morgan fingerprint density at radius 1 is 1.44 bits per heavy atom. The van der Waals surface area contributed by atoms with Crippen LogP contribution in [0.15, 0.2) is 24.4 Å². The molecule has 1 saturated carbocycles. The highest BCUT2D eigenvalue weighted by Gasteiger charge is 2.21. The van der Waals surface area contributed by atoms with Crippen LogP contribution in [0.3, 0.4) is 0 Å². The predicted octanol–water partition coefficient (Wildman–Crippen LogP) is 1.09. The van der Waals surface area contributed by atoms with Gasteiger partial charge in [0.25, 0.3) is 5.91 Å². The van der Waals surface area contributed by atoms with Gasteiger partial charge in [0.1, 0.15) is 6.61 Å². The first-order chi connectivity index (χ1) is 8.83. The first kappa shape index (κ1) is 11.2. The summed E-state index contributed by atoms with van der Waals surface area (Å²) >= 11 is 0. The summed E-state index contributed by atoms with van der Waals surface area (Å²) < 4.78 is 7.03. The number of pyridine rings is 1. The van der Waals surface area contributed by atoms with Gasteiger partial charge in [0, 0.05) is 6.20 Å². The molecule has 1 aliphatic carbocycles. The van der Waals surface area contributed by atoms with E-state index in [0.29, 0.717) is 24.1 Å². The second-order valence-corrected chi connectivity index (χ2v) is 4.46. The Kier molecular flexibility index (Phi) is 2.93. The second-order valence-electron chi connectivity index (χ2n) is 4.46. The van der Waals surface area contributed by atoms with E-state index in [0.717, 1.165) is 0 Å². The van der Waals surface area contributed by atoms with Gasteiger partial charge in [-0.15, -0.1) is 10.2 Å². The number of nitrogens with zero attached hydrogens (tertiary/aromatic N) is 3. The predicted molar refractivity (Wildman–Crippen MR) is 65.2 cm³/mol. The number of ether oxygens (including phenoxy) is 1. The van der Waals surface area contributed by atoms with Crippen molar-refractivity contribution in [2.75, 3.05) is 18.5 Å². The summed E-state index contributed by atoms with van der Waals surface area (Å²) in [4.78, 5) is 11.6. The monoisotopic (exact) mass is 246 g/mol. The maximum atomic E-state index is 11.6. The first-order valence-corrected chi connectivity index (χ1v) is 6.00. The standard InChI is InChI=1S/C12H14N4O2/c17-11(8-18-7-9-4-5-9)13-12-15-14-10-3-1-2-6-16(10)12/h1-3,6,9H,4-5,7-8H2,(H,13,15,17). The molecule has 0 saturated heterocycles. The Hall–Kier alpha value is -1.95. The summed E-state index contributed by atoms with van der Waals surface area (Å²) in [6.45, 7) is 0.742. The van der Waals surface area contributed by atoms with Gasteiger partial charge in [0.05, 0.1) is 6.61 Å². The molecule has 18 heavy (non-hydrogen) atoms. The van der Waals surface area contributed by atoms with Crippen LogP contribution in [-0.2, 0) is 9.53 Å². The molecule has 0 aromatic carbocycles. The fourth-order valence-electron chi connectivity index (χ4n) is 1.69. The molecule has 0 atom stereocenters. The maximum absolute atomic E-state index is 11.6. The van der Waals surface area contributed by atoms with Crippen LogP contribution >= 0.6 is 0 Å². The lowest BCUT2D eigenvalue weighted by molar-refractivity contribution is -0.120. The van der Waals surface area contributed by atoms with Crippen molar-refractivity contribution in [3.05, 3.63) is 24.4 Å². The molecule has 1 fully saturated rings. The smallest absolute Gasteiger partial charge is 0.252 e. The molecule has 0 spiro atoms. The molecule has 6 heteroatoms. The van der Waals surface area contributed by atoms with E-state index >= 15 is 0 Å². The van der Waals surface area contributed by atoms with E-state index in [4.69, 9.17) is 4.74 Å². The summed E-state index contributed by atoms with van der Waals surface area (Å²) in [6, 6.07) is 5.55. The fraction of sp³-hybridized carbons (Fsp3) is 0.417. The number of aromatic nitrogens is 3. The van der Waals surface area contributed by atoms with Gasteiger partial charge in [-0.2, -0.15) is 0 Å². The lowest BCUT2D eigenvalue weighted by atomic mass is 10.5. The lowest BCUT2D eigenvalue weighted by Crippen LogP contribution is -2.20. The van der Waals surface area contributed by atoms with E-state index in [1.165, 1.54) is 12.8 Å². The number of carbonyl (C=O) groups excluding carboxylic acids is 1. The van der Waals surface area contributed by atoms with Gasteiger partial charge in [0.2, 0.25) is 5.95 Å². The first-order valence-electron chi connectivity index (χ1n) is 6.00. The molecule has 0 bridgehead atoms. The van der Waals surface area contributed by atoms with Gasteiger partial charge in [0.15, 0.2) is 5.65 Å². The van der Waals surface area contributed by atoms with Crippen molar-refractivity contribution in [1.82, 2.24) is 14.6 Å². The quantitative estimate of drug-likeness (QED) is 0.857. The van der Waals surface area contributed by atoms with E-state index in [1.807, 2.05) is 18.2 Å². The van der Waals surface area contributed by atoms with Crippen LogP contribution in [0, 0.1) is 5.92 Å². The number of carbonyl (C=O) groups is 1. The lowest BCUT2D eigenvalue weighted by Gasteiger charge is -2.04. The normalized spacial score (nSPS) is 14.9. The summed E-state index contributed by atoms with van der Waals surface area (Å²) in [5.41, 5.74) is 0.701. The molecule has 0 aliphatic heterocycles. The Labute approximate surface area is 104 Å². The summed E-state index contributed by atoms with van der Waals surface area (Å²) in [7, 11) is 0. The van der Waals surface area contributed by atoms with Crippen LogP contribution in [0.5, 0.6) is 0 Å². The number of rotatable bonds is 5. The molecule has 1 N–H and O–H groups in total. The van der Waals surface area contributed by atoms with Crippen molar-refractivity contribution in [2.24, 2.45) is 5.92 Å². The molecule has 3 rings (SSSR count). The van der Waals surface area contributed by atoms with E-state index < -0.39 is 0 Å². The van der Waals surface area contributed by atoms with Gasteiger partial charge in [-0.05, 0) is 30.9 Å². The zero-order chi connectivity index (χ0) is 12.4. The molecule has 0 radical (unpaired) electrons. The van der Waals surface area contributed by atoms with E-state index in [9.17, 15) is 4.79 Å². The highest BCUT2D eigenvalue weighted by atomic mass is 16.5. The number of amides is 1. The van der Waals surface area contributed by atoms with Crippen molar-refractivity contribution >= 4 is 17.5 Å². The number of hydrogen-bond acceptors (Lipinski definition) is 4. The molecule has 2 heterocycles. The zero-order valence-electron chi connectivity index (χ0n) is 9.87. The maximum Gasteiger partial charge on any atom is 0.252 e. The van der Waals surface area contributed by atoms with Crippen LogP contribution in [-0.4, -0.2) is 33.7 Å². The van der Waals surface area contributed by atoms with Gasteiger partial charge in [-0.25, -0.2) is 0 Å². The largest absolute Gasteiger partial charge is 0.371 e. The number of fused-ring (bicyclic) bond motifs is 1. The number of anilines is 1. The average Bonchev–Trinajstić information content (AvgIpc) is 3.11. The summed E-state index contributed by atoms with van der Waals surface area (Å²) in [6.07, 6.45) is 4.24. The average molecular weight is 246 g/mol. The van der Waals surface area contributed by atoms with Gasteiger partial charge >= 0.3 is 0 Å². The molecule has 6 nitrogen and oxygen atoms in total. The third-order valence-corrected chi connectivity index (χ3v) is 2.85. The van der Waals surface area contributed by atoms with Gasteiger partial charge < -0.3 is 4.74 Å². The molecule has 94 valence electrons. The fourth-order valence-corrected chi connectivity index (χ4v) is 1.69. The third kappa shape index (κ3) is 2.48. The van der Waals surface area contributed by atoms with Crippen molar-refractivity contribution in [1.29, 1.82) is 0 Å². The highest BCUT2D eigenvalue weighted by Crippen LogP contribution is 2.28. The second kappa shape index (κ2) is 4.73. The minimum atomic E-state index is -0.200. The van der Waals surface area contributed by atoms with Crippen molar-refractivity contribution < 1.29 is 9.53 Å². The molecule has 0 unspecified atom stereocenters. The molecule has 2 aromatic rings. The third-order valence-electron chi connectivity index (χ3n) is 2.85. The highest BCUT2D eigenvalue weighted by molar-refractivity contribution is 5.90. The van der Waals surface area contributed by atoms with Gasteiger partial charge in [-0.3, -0.25) is 14.5 Å². The zero-order valence-corrected chi connectivity index (χ0v) is 9.87. The number of hydrogen-bond donors (Lipinski definition) is 1. The van der Waals surface area contributed by atoms with Crippen molar-refractivity contribution in [2.45, 2.75) is 12.8 Å². The van der Waals surface area contributed by atoms with Crippen LogP contribution in [0.2, 0.25) is 0 Å². The van der Waals surface area contributed by atoms with E-state index in [2.05, 4.69) is 15.5 Å². The molecule has 1 amide bonds. The van der Waals surface area contributed by atoms with E-state index in [-0.39, 0.29) is 12.5 Å². The molecule has 2 aromatic heterocycles. The minimum Gasteiger partial charge on any atom is -0.371 e. The Morgan fingerprint density at radius 2 is 2.33 bits per heavy atom. The van der Waals surface area contributed by atoms with Crippen LogP contribution in [0.1, 0.15) is 12.8 Å².